The predicted molar refractivity (Wildman–Crippen MR) is 89.2 cm³/mol. The van der Waals surface area contributed by atoms with E-state index in [1.54, 1.807) is 24.3 Å². The third-order valence-electron chi connectivity index (χ3n) is 2.64. The summed E-state index contributed by atoms with van der Waals surface area (Å²) in [5.74, 6) is -0.580. The number of nitrogens with one attached hydrogen (secondary N) is 2. The molecular weight excluding hydrogens is 400 g/mol. The Morgan fingerprint density at radius 3 is 2.48 bits per heavy atom. The van der Waals surface area contributed by atoms with Gasteiger partial charge in [-0.2, -0.15) is 0 Å². The summed E-state index contributed by atoms with van der Waals surface area (Å²) in [4.78, 5) is 23.7. The van der Waals surface area contributed by atoms with E-state index in [1.807, 2.05) is 24.3 Å². The highest BCUT2D eigenvalue weighted by atomic mass is 79.9. The molecule has 2 rings (SSSR count). The first kappa shape index (κ1) is 15.7. The van der Waals surface area contributed by atoms with Gasteiger partial charge in [0.15, 0.2) is 0 Å². The first-order chi connectivity index (χ1) is 10.1. The van der Waals surface area contributed by atoms with Crippen LogP contribution in [-0.4, -0.2) is 18.4 Å². The number of amides is 2. The molecule has 0 atom stereocenters. The van der Waals surface area contributed by atoms with Gasteiger partial charge < -0.3 is 10.6 Å². The zero-order valence-electron chi connectivity index (χ0n) is 10.9. The summed E-state index contributed by atoms with van der Waals surface area (Å²) >= 11 is 6.64. The minimum Gasteiger partial charge on any atom is -0.343 e. The molecule has 2 N–H and O–H groups in total. The van der Waals surface area contributed by atoms with E-state index in [-0.39, 0.29) is 18.4 Å². The largest absolute Gasteiger partial charge is 0.343 e. The van der Waals surface area contributed by atoms with Crippen molar-refractivity contribution in [2.24, 2.45) is 0 Å². The maximum Gasteiger partial charge on any atom is 0.251 e. The minimum atomic E-state index is -0.293. The number of anilines is 1. The van der Waals surface area contributed by atoms with Gasteiger partial charge in [-0.3, -0.25) is 9.59 Å². The van der Waals surface area contributed by atoms with Crippen LogP contribution in [0, 0.1) is 0 Å². The fraction of sp³-hybridized carbons (Fsp3) is 0.0667. The smallest absolute Gasteiger partial charge is 0.251 e. The third-order valence-corrected chi connectivity index (χ3v) is 3.83. The normalized spacial score (nSPS) is 10.0. The molecule has 0 unspecified atom stereocenters. The van der Waals surface area contributed by atoms with Crippen molar-refractivity contribution in [1.29, 1.82) is 0 Å². The molecule has 0 aliphatic heterocycles. The van der Waals surface area contributed by atoms with Crippen molar-refractivity contribution in [2.75, 3.05) is 11.9 Å². The highest BCUT2D eigenvalue weighted by Crippen LogP contribution is 2.20. The Morgan fingerprint density at radius 1 is 1.00 bits per heavy atom. The molecule has 0 saturated carbocycles. The number of para-hydroxylation sites is 1. The van der Waals surface area contributed by atoms with Gasteiger partial charge in [-0.15, -0.1) is 0 Å². The van der Waals surface area contributed by atoms with Crippen LogP contribution in [0.2, 0.25) is 0 Å². The van der Waals surface area contributed by atoms with E-state index < -0.39 is 0 Å². The Balaban J connectivity index is 1.90. The second kappa shape index (κ2) is 7.38. The molecule has 108 valence electrons. The summed E-state index contributed by atoms with van der Waals surface area (Å²) in [6, 6.07) is 14.3. The zero-order chi connectivity index (χ0) is 15.2. The van der Waals surface area contributed by atoms with Crippen LogP contribution in [0.25, 0.3) is 0 Å². The predicted octanol–water partition coefficient (Wildman–Crippen LogP) is 3.58. The van der Waals surface area contributed by atoms with Crippen LogP contribution in [0.15, 0.2) is 57.5 Å². The maximum absolute atomic E-state index is 11.9. The average molecular weight is 412 g/mol. The molecule has 21 heavy (non-hydrogen) atoms. The van der Waals surface area contributed by atoms with Crippen molar-refractivity contribution in [1.82, 2.24) is 5.32 Å². The molecule has 0 aliphatic carbocycles. The van der Waals surface area contributed by atoms with E-state index in [9.17, 15) is 9.59 Å². The summed E-state index contributed by atoms with van der Waals surface area (Å²) in [6.45, 7) is -0.0906. The molecule has 2 aromatic rings. The van der Waals surface area contributed by atoms with Gasteiger partial charge in [0.25, 0.3) is 5.91 Å². The molecule has 0 fully saturated rings. The van der Waals surface area contributed by atoms with Crippen LogP contribution in [0.3, 0.4) is 0 Å². The zero-order valence-corrected chi connectivity index (χ0v) is 14.1. The van der Waals surface area contributed by atoms with E-state index in [0.29, 0.717) is 11.3 Å². The van der Waals surface area contributed by atoms with Gasteiger partial charge >= 0.3 is 0 Å². The molecule has 0 aromatic heterocycles. The molecular formula is C15H12Br2N2O2. The number of rotatable bonds is 4. The lowest BCUT2D eigenvalue weighted by molar-refractivity contribution is -0.115. The summed E-state index contributed by atoms with van der Waals surface area (Å²) in [6.07, 6.45) is 0. The van der Waals surface area contributed by atoms with Crippen molar-refractivity contribution < 1.29 is 9.59 Å². The third kappa shape index (κ3) is 4.68. The fourth-order valence-electron chi connectivity index (χ4n) is 1.65. The van der Waals surface area contributed by atoms with Gasteiger partial charge in [0.05, 0.1) is 12.2 Å². The monoisotopic (exact) mass is 410 g/mol. The van der Waals surface area contributed by atoms with E-state index in [4.69, 9.17) is 0 Å². The summed E-state index contributed by atoms with van der Waals surface area (Å²) < 4.78 is 1.60. The van der Waals surface area contributed by atoms with Gasteiger partial charge in [0.1, 0.15) is 0 Å². The van der Waals surface area contributed by atoms with Gasteiger partial charge in [-0.1, -0.05) is 34.1 Å². The Bertz CT molecular complexity index is 674. The van der Waals surface area contributed by atoms with Crippen LogP contribution in [0.1, 0.15) is 10.4 Å². The van der Waals surface area contributed by atoms with Crippen LogP contribution >= 0.6 is 31.9 Å². The SMILES string of the molecule is O=C(CNC(=O)c1cccc(Br)c1)Nc1ccccc1Br. The second-order valence-electron chi connectivity index (χ2n) is 4.22. The quantitative estimate of drug-likeness (QED) is 0.807. The van der Waals surface area contributed by atoms with Gasteiger partial charge in [-0.05, 0) is 46.3 Å². The minimum absolute atomic E-state index is 0.0906. The van der Waals surface area contributed by atoms with Crippen molar-refractivity contribution >= 4 is 49.4 Å². The Hall–Kier alpha value is -1.66. The number of carbonyl (C=O) groups is 2. The summed E-state index contributed by atoms with van der Waals surface area (Å²) in [7, 11) is 0. The Labute approximate surface area is 139 Å². The molecule has 0 aliphatic rings. The molecule has 2 aromatic carbocycles. The van der Waals surface area contributed by atoms with Crippen molar-refractivity contribution in [3.05, 3.63) is 63.0 Å². The van der Waals surface area contributed by atoms with Crippen LogP contribution in [-0.2, 0) is 4.79 Å². The van der Waals surface area contributed by atoms with Gasteiger partial charge in [0, 0.05) is 14.5 Å². The van der Waals surface area contributed by atoms with Crippen LogP contribution in [0.4, 0.5) is 5.69 Å². The van der Waals surface area contributed by atoms with Crippen molar-refractivity contribution in [2.45, 2.75) is 0 Å². The number of carbonyl (C=O) groups excluding carboxylic acids is 2. The van der Waals surface area contributed by atoms with E-state index in [0.717, 1.165) is 8.95 Å². The fourth-order valence-corrected chi connectivity index (χ4v) is 2.43. The molecule has 0 spiro atoms. The molecule has 0 saturated heterocycles. The van der Waals surface area contributed by atoms with Crippen molar-refractivity contribution in [3.8, 4) is 0 Å². The lowest BCUT2D eigenvalue weighted by Crippen LogP contribution is -2.32. The highest BCUT2D eigenvalue weighted by molar-refractivity contribution is 9.10. The lowest BCUT2D eigenvalue weighted by Gasteiger charge is -2.08. The highest BCUT2D eigenvalue weighted by Gasteiger charge is 2.09. The van der Waals surface area contributed by atoms with Crippen molar-refractivity contribution in [3.63, 3.8) is 0 Å². The summed E-state index contributed by atoms with van der Waals surface area (Å²) in [5.41, 5.74) is 1.16. The molecule has 4 nitrogen and oxygen atoms in total. The van der Waals surface area contributed by atoms with Gasteiger partial charge in [-0.25, -0.2) is 0 Å². The van der Waals surface area contributed by atoms with E-state index >= 15 is 0 Å². The maximum atomic E-state index is 11.9. The number of halogens is 2. The second-order valence-corrected chi connectivity index (χ2v) is 5.99. The Morgan fingerprint density at radius 2 is 1.76 bits per heavy atom. The van der Waals surface area contributed by atoms with E-state index in [2.05, 4.69) is 42.5 Å². The first-order valence-electron chi connectivity index (χ1n) is 6.14. The molecule has 0 bridgehead atoms. The number of hydrogen-bond acceptors (Lipinski definition) is 2. The molecule has 0 radical (unpaired) electrons. The summed E-state index contributed by atoms with van der Waals surface area (Å²) in [5, 5.41) is 5.30. The lowest BCUT2D eigenvalue weighted by atomic mass is 10.2. The molecule has 6 heteroatoms. The number of hydrogen-bond donors (Lipinski definition) is 2. The molecule has 0 heterocycles. The van der Waals surface area contributed by atoms with E-state index in [1.165, 1.54) is 0 Å². The standard InChI is InChI=1S/C15H12Br2N2O2/c16-11-5-3-4-10(8-11)15(21)18-9-14(20)19-13-7-2-1-6-12(13)17/h1-8H,9H2,(H,18,21)(H,19,20). The molecule has 2 amide bonds. The topological polar surface area (TPSA) is 58.2 Å². The average Bonchev–Trinajstić information content (AvgIpc) is 2.47. The number of benzene rings is 2. The van der Waals surface area contributed by atoms with Crippen LogP contribution in [0.5, 0.6) is 0 Å². The first-order valence-corrected chi connectivity index (χ1v) is 7.73. The van der Waals surface area contributed by atoms with Gasteiger partial charge in [0.2, 0.25) is 5.91 Å². The van der Waals surface area contributed by atoms with Crippen LogP contribution < -0.4 is 10.6 Å². The Kier molecular flexibility index (Phi) is 5.52.